The van der Waals surface area contributed by atoms with Crippen LogP contribution in [0.2, 0.25) is 0 Å². The largest absolute Gasteiger partial charge is 0.360 e. The summed E-state index contributed by atoms with van der Waals surface area (Å²) in [6.45, 7) is 7.72. The lowest BCUT2D eigenvalue weighted by atomic mass is 9.99. The quantitative estimate of drug-likeness (QED) is 0.896. The molecule has 0 aromatic carbocycles. The smallest absolute Gasteiger partial charge is 0.202 e. The van der Waals surface area contributed by atoms with Gasteiger partial charge in [-0.25, -0.2) is 4.98 Å². The van der Waals surface area contributed by atoms with Crippen molar-refractivity contribution in [1.29, 1.82) is 0 Å². The fraction of sp³-hybridized carbons (Fsp3) is 0.833. The Morgan fingerprint density at radius 3 is 3.00 bits per heavy atom. The van der Waals surface area contributed by atoms with Gasteiger partial charge in [0, 0.05) is 30.5 Å². The summed E-state index contributed by atoms with van der Waals surface area (Å²) in [5, 5.41) is 4.40. The summed E-state index contributed by atoms with van der Waals surface area (Å²) in [6, 6.07) is 0. The Hall–Kier alpha value is -0.680. The molecule has 0 radical (unpaired) electrons. The van der Waals surface area contributed by atoms with E-state index in [-0.39, 0.29) is 0 Å². The normalized spacial score (nSPS) is 22.0. The van der Waals surface area contributed by atoms with Crippen molar-refractivity contribution >= 4 is 16.7 Å². The maximum absolute atomic E-state index is 4.50. The van der Waals surface area contributed by atoms with E-state index in [1.165, 1.54) is 37.5 Å². The third kappa shape index (κ3) is 3.64. The molecule has 0 saturated carbocycles. The average Bonchev–Trinajstić information content (AvgIpc) is 2.75. The fourth-order valence-corrected chi connectivity index (χ4v) is 2.93. The first-order chi connectivity index (χ1) is 8.15. The van der Waals surface area contributed by atoms with E-state index >= 15 is 0 Å². The molecule has 2 rings (SSSR count). The first-order valence-corrected chi connectivity index (χ1v) is 7.18. The molecule has 1 aliphatic rings. The minimum atomic E-state index is 0.419. The second-order valence-corrected chi connectivity index (χ2v) is 6.02. The van der Waals surface area contributed by atoms with Crippen LogP contribution in [0.4, 0.5) is 5.13 Å². The summed E-state index contributed by atoms with van der Waals surface area (Å²) in [7, 11) is 2.20. The number of nitrogens with one attached hydrogen (secondary N) is 1. The standard InChI is InChI=1S/C12H22N4S/c1-9(2)11-14-12(17-15-11)13-7-10-5-4-6-16(3)8-10/h9-10H,4-8H2,1-3H3,(H,13,14,15). The number of aromatic nitrogens is 2. The molecule has 1 aromatic heterocycles. The van der Waals surface area contributed by atoms with E-state index in [2.05, 4.69) is 40.5 Å². The van der Waals surface area contributed by atoms with Crippen LogP contribution in [0.15, 0.2) is 0 Å². The molecule has 17 heavy (non-hydrogen) atoms. The zero-order chi connectivity index (χ0) is 12.3. The van der Waals surface area contributed by atoms with Crippen LogP contribution in [0.5, 0.6) is 0 Å². The van der Waals surface area contributed by atoms with Gasteiger partial charge in [-0.3, -0.25) is 0 Å². The molecule has 5 heteroatoms. The molecule has 0 aliphatic carbocycles. The van der Waals surface area contributed by atoms with Crippen molar-refractivity contribution in [3.8, 4) is 0 Å². The van der Waals surface area contributed by atoms with Crippen molar-refractivity contribution in [2.45, 2.75) is 32.6 Å². The van der Waals surface area contributed by atoms with Crippen LogP contribution in [0, 0.1) is 5.92 Å². The van der Waals surface area contributed by atoms with Gasteiger partial charge in [0.05, 0.1) is 0 Å². The monoisotopic (exact) mass is 254 g/mol. The number of rotatable bonds is 4. The highest BCUT2D eigenvalue weighted by Crippen LogP contribution is 2.19. The number of likely N-dealkylation sites (tertiary alicyclic amines) is 1. The van der Waals surface area contributed by atoms with Gasteiger partial charge in [-0.15, -0.1) is 0 Å². The molecule has 1 fully saturated rings. The van der Waals surface area contributed by atoms with E-state index in [0.29, 0.717) is 5.92 Å². The highest BCUT2D eigenvalue weighted by atomic mass is 32.1. The molecule has 0 bridgehead atoms. The van der Waals surface area contributed by atoms with E-state index in [0.717, 1.165) is 23.4 Å². The third-order valence-electron chi connectivity index (χ3n) is 3.22. The molecule has 1 unspecified atom stereocenters. The van der Waals surface area contributed by atoms with Gasteiger partial charge in [0.2, 0.25) is 5.13 Å². The molecule has 1 atom stereocenters. The van der Waals surface area contributed by atoms with E-state index in [4.69, 9.17) is 0 Å². The zero-order valence-corrected chi connectivity index (χ0v) is 11.8. The van der Waals surface area contributed by atoms with Gasteiger partial charge in [0.15, 0.2) is 0 Å². The predicted octanol–water partition coefficient (Wildman–Crippen LogP) is 2.42. The highest BCUT2D eigenvalue weighted by molar-refractivity contribution is 7.09. The number of anilines is 1. The van der Waals surface area contributed by atoms with Crippen LogP contribution in [0.1, 0.15) is 38.4 Å². The molecular weight excluding hydrogens is 232 g/mol. The average molecular weight is 254 g/mol. The first-order valence-electron chi connectivity index (χ1n) is 6.41. The molecule has 1 saturated heterocycles. The van der Waals surface area contributed by atoms with Crippen LogP contribution >= 0.6 is 11.5 Å². The van der Waals surface area contributed by atoms with Crippen LogP contribution < -0.4 is 5.32 Å². The number of hydrogen-bond acceptors (Lipinski definition) is 5. The van der Waals surface area contributed by atoms with Crippen molar-refractivity contribution in [2.75, 3.05) is 32.0 Å². The van der Waals surface area contributed by atoms with Crippen molar-refractivity contribution in [3.63, 3.8) is 0 Å². The second kappa shape index (κ2) is 5.78. The maximum Gasteiger partial charge on any atom is 0.202 e. The summed E-state index contributed by atoms with van der Waals surface area (Å²) in [5.74, 6) is 2.13. The molecule has 0 spiro atoms. The Morgan fingerprint density at radius 1 is 1.53 bits per heavy atom. The molecule has 1 N–H and O–H groups in total. The zero-order valence-electron chi connectivity index (χ0n) is 10.9. The lowest BCUT2D eigenvalue weighted by Gasteiger charge is -2.29. The minimum absolute atomic E-state index is 0.419. The van der Waals surface area contributed by atoms with Crippen molar-refractivity contribution < 1.29 is 0 Å². The predicted molar refractivity (Wildman–Crippen MR) is 72.7 cm³/mol. The van der Waals surface area contributed by atoms with Crippen LogP contribution in [-0.4, -0.2) is 40.9 Å². The van der Waals surface area contributed by atoms with Crippen LogP contribution in [0.3, 0.4) is 0 Å². The molecule has 96 valence electrons. The third-order valence-corrected chi connectivity index (χ3v) is 3.91. The fourth-order valence-electron chi connectivity index (χ4n) is 2.21. The van der Waals surface area contributed by atoms with Crippen LogP contribution in [0.25, 0.3) is 0 Å². The Kier molecular flexibility index (Phi) is 4.34. The highest BCUT2D eigenvalue weighted by Gasteiger charge is 2.17. The first kappa shape index (κ1) is 12.8. The van der Waals surface area contributed by atoms with Crippen molar-refractivity contribution in [3.05, 3.63) is 5.82 Å². The van der Waals surface area contributed by atoms with E-state index in [9.17, 15) is 0 Å². The molecular formula is C12H22N4S. The van der Waals surface area contributed by atoms with Gasteiger partial charge in [0.1, 0.15) is 5.82 Å². The van der Waals surface area contributed by atoms with Gasteiger partial charge < -0.3 is 10.2 Å². The van der Waals surface area contributed by atoms with Gasteiger partial charge in [-0.1, -0.05) is 13.8 Å². The van der Waals surface area contributed by atoms with Gasteiger partial charge in [0.25, 0.3) is 0 Å². The van der Waals surface area contributed by atoms with Crippen LogP contribution in [-0.2, 0) is 0 Å². The Bertz CT molecular complexity index is 350. The molecule has 1 aromatic rings. The summed E-state index contributed by atoms with van der Waals surface area (Å²) in [6.07, 6.45) is 2.64. The van der Waals surface area contributed by atoms with Gasteiger partial charge in [-0.2, -0.15) is 4.37 Å². The van der Waals surface area contributed by atoms with E-state index in [1.807, 2.05) is 0 Å². The Balaban J connectivity index is 1.80. The van der Waals surface area contributed by atoms with Gasteiger partial charge in [-0.05, 0) is 32.4 Å². The molecule has 4 nitrogen and oxygen atoms in total. The topological polar surface area (TPSA) is 41.1 Å². The molecule has 0 amide bonds. The number of nitrogens with zero attached hydrogens (tertiary/aromatic N) is 3. The second-order valence-electron chi connectivity index (χ2n) is 5.26. The van der Waals surface area contributed by atoms with E-state index in [1.54, 1.807) is 0 Å². The summed E-state index contributed by atoms with van der Waals surface area (Å²) in [5.41, 5.74) is 0. The van der Waals surface area contributed by atoms with Crippen molar-refractivity contribution in [1.82, 2.24) is 14.3 Å². The Labute approximate surface area is 108 Å². The summed E-state index contributed by atoms with van der Waals surface area (Å²) < 4.78 is 4.35. The maximum atomic E-state index is 4.50. The Morgan fingerprint density at radius 2 is 2.35 bits per heavy atom. The molecule has 1 aliphatic heterocycles. The van der Waals surface area contributed by atoms with Gasteiger partial charge >= 0.3 is 0 Å². The van der Waals surface area contributed by atoms with Crippen molar-refractivity contribution in [2.24, 2.45) is 5.92 Å². The summed E-state index contributed by atoms with van der Waals surface area (Å²) in [4.78, 5) is 6.91. The summed E-state index contributed by atoms with van der Waals surface area (Å²) >= 11 is 1.48. The lowest BCUT2D eigenvalue weighted by molar-refractivity contribution is 0.217. The molecule has 2 heterocycles. The lowest BCUT2D eigenvalue weighted by Crippen LogP contribution is -2.35. The number of piperidine rings is 1. The minimum Gasteiger partial charge on any atom is -0.360 e. The number of hydrogen-bond donors (Lipinski definition) is 1. The van der Waals surface area contributed by atoms with E-state index < -0.39 is 0 Å². The SMILES string of the molecule is CC(C)c1nsc(NCC2CCCN(C)C2)n1.